The van der Waals surface area contributed by atoms with Crippen LogP contribution in [0.1, 0.15) is 24.5 Å². The normalized spacial score (nSPS) is 12.2. The molecule has 112 valence electrons. The van der Waals surface area contributed by atoms with E-state index in [4.69, 9.17) is 10.5 Å². The molecule has 0 fully saturated rings. The molecule has 2 N–H and O–H groups in total. The van der Waals surface area contributed by atoms with E-state index in [1.807, 2.05) is 37.4 Å². The van der Waals surface area contributed by atoms with E-state index in [1.54, 1.807) is 11.8 Å². The Balaban J connectivity index is 2.09. The van der Waals surface area contributed by atoms with Gasteiger partial charge in [-0.1, -0.05) is 6.92 Å². The van der Waals surface area contributed by atoms with E-state index in [9.17, 15) is 0 Å². The molecule has 1 aromatic heterocycles. The Morgan fingerprint density at radius 3 is 2.57 bits per heavy atom. The first kappa shape index (κ1) is 15.9. The van der Waals surface area contributed by atoms with Gasteiger partial charge in [-0.3, -0.25) is 0 Å². The fourth-order valence-corrected chi connectivity index (χ4v) is 2.45. The van der Waals surface area contributed by atoms with Crippen LogP contribution in [0.3, 0.4) is 0 Å². The second-order valence-corrected chi connectivity index (χ2v) is 6.00. The van der Waals surface area contributed by atoms with Gasteiger partial charge in [0.1, 0.15) is 5.75 Å². The van der Waals surface area contributed by atoms with E-state index in [0.717, 1.165) is 29.7 Å². The summed E-state index contributed by atoms with van der Waals surface area (Å²) < 4.78 is 5.84. The van der Waals surface area contributed by atoms with Crippen molar-refractivity contribution in [1.82, 2.24) is 4.98 Å². The Morgan fingerprint density at radius 2 is 2.00 bits per heavy atom. The second-order valence-electron chi connectivity index (χ2n) is 5.12. The standard InChI is InChI=1S/C17H22N2OS/c1-4-14(18)10-13-9-12(2)17(19-11-13)20-15-5-7-16(21-3)8-6-15/h5-9,11,14H,4,10,18H2,1-3H3. The highest BCUT2D eigenvalue weighted by molar-refractivity contribution is 7.98. The number of pyridine rings is 1. The molecule has 1 heterocycles. The molecule has 2 aromatic rings. The second kappa shape index (κ2) is 7.48. The molecule has 1 aromatic carbocycles. The number of hydrogen-bond donors (Lipinski definition) is 1. The number of ether oxygens (including phenoxy) is 1. The van der Waals surface area contributed by atoms with Gasteiger partial charge in [-0.05, 0) is 61.9 Å². The molecule has 0 spiro atoms. The third-order valence-electron chi connectivity index (χ3n) is 3.38. The summed E-state index contributed by atoms with van der Waals surface area (Å²) in [7, 11) is 0. The fraction of sp³-hybridized carbons (Fsp3) is 0.353. The summed E-state index contributed by atoms with van der Waals surface area (Å²) in [6, 6.07) is 10.3. The van der Waals surface area contributed by atoms with Crippen molar-refractivity contribution in [3.05, 3.63) is 47.7 Å². The van der Waals surface area contributed by atoms with E-state index < -0.39 is 0 Å². The summed E-state index contributed by atoms with van der Waals surface area (Å²) in [5.74, 6) is 1.46. The molecular weight excluding hydrogens is 280 g/mol. The predicted molar refractivity (Wildman–Crippen MR) is 89.2 cm³/mol. The zero-order valence-electron chi connectivity index (χ0n) is 12.8. The molecular formula is C17H22N2OS. The molecule has 1 atom stereocenters. The van der Waals surface area contributed by atoms with E-state index in [1.165, 1.54) is 4.90 Å². The van der Waals surface area contributed by atoms with Crippen LogP contribution in [0.5, 0.6) is 11.6 Å². The van der Waals surface area contributed by atoms with Crippen molar-refractivity contribution in [2.45, 2.75) is 37.6 Å². The van der Waals surface area contributed by atoms with E-state index >= 15 is 0 Å². The lowest BCUT2D eigenvalue weighted by atomic mass is 10.1. The Kier molecular flexibility index (Phi) is 5.65. The Labute approximate surface area is 130 Å². The lowest BCUT2D eigenvalue weighted by Crippen LogP contribution is -2.21. The number of hydrogen-bond acceptors (Lipinski definition) is 4. The molecule has 2 rings (SSSR count). The molecule has 0 bridgehead atoms. The number of nitrogens with zero attached hydrogens (tertiary/aromatic N) is 1. The first-order chi connectivity index (χ1) is 10.1. The van der Waals surface area contributed by atoms with Crippen LogP contribution in [0, 0.1) is 6.92 Å². The van der Waals surface area contributed by atoms with Crippen LogP contribution in [0.25, 0.3) is 0 Å². The predicted octanol–water partition coefficient (Wildman–Crippen LogP) is 4.18. The number of rotatable bonds is 6. The Hall–Kier alpha value is -1.52. The van der Waals surface area contributed by atoms with Crippen molar-refractivity contribution in [3.8, 4) is 11.6 Å². The summed E-state index contributed by atoms with van der Waals surface area (Å²) in [6.07, 6.45) is 5.74. The topological polar surface area (TPSA) is 48.1 Å². The smallest absolute Gasteiger partial charge is 0.222 e. The van der Waals surface area contributed by atoms with Crippen LogP contribution < -0.4 is 10.5 Å². The van der Waals surface area contributed by atoms with E-state index in [0.29, 0.717) is 5.88 Å². The van der Waals surface area contributed by atoms with Gasteiger partial charge in [0.15, 0.2) is 0 Å². The average molecular weight is 302 g/mol. The number of benzene rings is 1. The summed E-state index contributed by atoms with van der Waals surface area (Å²) in [6.45, 7) is 4.11. The third-order valence-corrected chi connectivity index (χ3v) is 4.13. The van der Waals surface area contributed by atoms with Gasteiger partial charge >= 0.3 is 0 Å². The first-order valence-corrected chi connectivity index (χ1v) is 8.38. The van der Waals surface area contributed by atoms with Gasteiger partial charge in [0.05, 0.1) is 0 Å². The number of aryl methyl sites for hydroxylation is 1. The van der Waals surface area contributed by atoms with Crippen LogP contribution in [0.2, 0.25) is 0 Å². The van der Waals surface area contributed by atoms with Gasteiger partial charge in [0.25, 0.3) is 0 Å². The Morgan fingerprint density at radius 1 is 1.29 bits per heavy atom. The monoisotopic (exact) mass is 302 g/mol. The van der Waals surface area contributed by atoms with Gasteiger partial charge in [-0.15, -0.1) is 11.8 Å². The van der Waals surface area contributed by atoms with Crippen molar-refractivity contribution in [1.29, 1.82) is 0 Å². The lowest BCUT2D eigenvalue weighted by Gasteiger charge is -2.12. The van der Waals surface area contributed by atoms with Crippen molar-refractivity contribution >= 4 is 11.8 Å². The third kappa shape index (κ3) is 4.48. The van der Waals surface area contributed by atoms with Crippen LogP contribution in [0.15, 0.2) is 41.4 Å². The minimum atomic E-state index is 0.192. The molecule has 0 aliphatic heterocycles. The molecule has 4 heteroatoms. The molecule has 3 nitrogen and oxygen atoms in total. The van der Waals surface area contributed by atoms with Crippen LogP contribution in [0.4, 0.5) is 0 Å². The molecule has 0 aliphatic carbocycles. The molecule has 0 saturated heterocycles. The number of nitrogens with two attached hydrogens (primary N) is 1. The van der Waals surface area contributed by atoms with Crippen LogP contribution in [-0.2, 0) is 6.42 Å². The molecule has 0 amide bonds. The highest BCUT2D eigenvalue weighted by Gasteiger charge is 2.07. The fourth-order valence-electron chi connectivity index (χ4n) is 2.04. The minimum absolute atomic E-state index is 0.192. The summed E-state index contributed by atoms with van der Waals surface area (Å²) in [4.78, 5) is 5.64. The molecule has 21 heavy (non-hydrogen) atoms. The summed E-state index contributed by atoms with van der Waals surface area (Å²) >= 11 is 1.71. The van der Waals surface area contributed by atoms with E-state index in [2.05, 4.69) is 24.2 Å². The van der Waals surface area contributed by atoms with E-state index in [-0.39, 0.29) is 6.04 Å². The lowest BCUT2D eigenvalue weighted by molar-refractivity contribution is 0.457. The Bertz CT molecular complexity index is 584. The average Bonchev–Trinajstić information content (AvgIpc) is 2.50. The largest absolute Gasteiger partial charge is 0.439 e. The van der Waals surface area contributed by atoms with Gasteiger partial charge in [-0.25, -0.2) is 4.98 Å². The number of thioether (sulfide) groups is 1. The van der Waals surface area contributed by atoms with Crippen molar-refractivity contribution in [3.63, 3.8) is 0 Å². The van der Waals surface area contributed by atoms with Gasteiger partial charge in [0, 0.05) is 22.7 Å². The maximum Gasteiger partial charge on any atom is 0.222 e. The zero-order valence-corrected chi connectivity index (χ0v) is 13.6. The van der Waals surface area contributed by atoms with Gasteiger partial charge in [0.2, 0.25) is 5.88 Å². The summed E-state index contributed by atoms with van der Waals surface area (Å²) in [5, 5.41) is 0. The highest BCUT2D eigenvalue weighted by atomic mass is 32.2. The molecule has 1 unspecified atom stereocenters. The maximum absolute atomic E-state index is 5.98. The minimum Gasteiger partial charge on any atom is -0.439 e. The van der Waals surface area contributed by atoms with Crippen LogP contribution in [-0.4, -0.2) is 17.3 Å². The quantitative estimate of drug-likeness (QED) is 0.813. The number of aromatic nitrogens is 1. The highest BCUT2D eigenvalue weighted by Crippen LogP contribution is 2.25. The molecule has 0 radical (unpaired) electrons. The van der Waals surface area contributed by atoms with Crippen molar-refractivity contribution < 1.29 is 4.74 Å². The van der Waals surface area contributed by atoms with Crippen LogP contribution >= 0.6 is 11.8 Å². The molecule has 0 saturated carbocycles. The maximum atomic E-state index is 5.98. The molecule has 0 aliphatic rings. The van der Waals surface area contributed by atoms with Gasteiger partial charge < -0.3 is 10.5 Å². The van der Waals surface area contributed by atoms with Crippen molar-refractivity contribution in [2.24, 2.45) is 5.73 Å². The summed E-state index contributed by atoms with van der Waals surface area (Å²) in [5.41, 5.74) is 8.17. The van der Waals surface area contributed by atoms with Gasteiger partial charge in [-0.2, -0.15) is 0 Å². The first-order valence-electron chi connectivity index (χ1n) is 7.15. The SMILES string of the molecule is CCC(N)Cc1cnc(Oc2ccc(SC)cc2)c(C)c1. The zero-order chi connectivity index (χ0) is 15.2. The van der Waals surface area contributed by atoms with Crippen molar-refractivity contribution in [2.75, 3.05) is 6.26 Å².